The van der Waals surface area contributed by atoms with Gasteiger partial charge in [-0.15, -0.1) is 0 Å². The quantitative estimate of drug-likeness (QED) is 0.543. The van der Waals surface area contributed by atoms with Crippen molar-refractivity contribution in [1.82, 2.24) is 0 Å². The topological polar surface area (TPSA) is 9.23 Å². The Morgan fingerprint density at radius 3 is 2.72 bits per heavy atom. The summed E-state index contributed by atoms with van der Waals surface area (Å²) in [4.78, 5) is 0. The van der Waals surface area contributed by atoms with Crippen LogP contribution >= 0.6 is 0 Å². The molecule has 0 aromatic rings. The molecule has 2 aliphatic rings. The molecule has 104 valence electrons. The smallest absolute Gasteiger partial charge is 0.0687 e. The van der Waals surface area contributed by atoms with E-state index in [-0.39, 0.29) is 5.60 Å². The fraction of sp³-hybridized carbons (Fsp3) is 0.882. The maximum Gasteiger partial charge on any atom is 0.0687 e. The molecule has 2 rings (SSSR count). The van der Waals surface area contributed by atoms with Crippen LogP contribution < -0.4 is 0 Å². The van der Waals surface area contributed by atoms with Crippen LogP contribution in [0.15, 0.2) is 11.6 Å². The SMILES string of the molecule is C/C1=C/CCCO[C@@]2(C)CCCC(C)(C)[C@@H]2CC1. The van der Waals surface area contributed by atoms with Gasteiger partial charge in [-0.3, -0.25) is 0 Å². The molecule has 0 N–H and O–H groups in total. The van der Waals surface area contributed by atoms with Gasteiger partial charge in [-0.05, 0) is 63.7 Å². The lowest BCUT2D eigenvalue weighted by atomic mass is 9.60. The second kappa shape index (κ2) is 5.36. The number of hydrogen-bond acceptors (Lipinski definition) is 1. The van der Waals surface area contributed by atoms with E-state index in [0.29, 0.717) is 11.3 Å². The first kappa shape index (κ1) is 14.1. The predicted molar refractivity (Wildman–Crippen MR) is 77.7 cm³/mol. The molecule has 1 aliphatic carbocycles. The molecule has 2 atom stereocenters. The molecule has 1 fully saturated rings. The van der Waals surface area contributed by atoms with E-state index in [2.05, 4.69) is 33.8 Å². The van der Waals surface area contributed by atoms with Gasteiger partial charge in [0.2, 0.25) is 0 Å². The van der Waals surface area contributed by atoms with Gasteiger partial charge in [-0.2, -0.15) is 0 Å². The van der Waals surface area contributed by atoms with Crippen molar-refractivity contribution >= 4 is 0 Å². The molecule has 1 nitrogen and oxygen atoms in total. The summed E-state index contributed by atoms with van der Waals surface area (Å²) >= 11 is 0. The molecule has 0 aromatic carbocycles. The highest BCUT2D eigenvalue weighted by Gasteiger charge is 2.46. The van der Waals surface area contributed by atoms with Crippen LogP contribution in [0.5, 0.6) is 0 Å². The Labute approximate surface area is 113 Å². The minimum absolute atomic E-state index is 0.124. The Bertz CT molecular complexity index is 316. The van der Waals surface area contributed by atoms with Crippen molar-refractivity contribution in [3.63, 3.8) is 0 Å². The van der Waals surface area contributed by atoms with Crippen molar-refractivity contribution in [2.24, 2.45) is 11.3 Å². The Balaban J connectivity index is 2.20. The van der Waals surface area contributed by atoms with E-state index in [0.717, 1.165) is 6.61 Å². The third-order valence-electron chi connectivity index (χ3n) is 5.28. The summed E-state index contributed by atoms with van der Waals surface area (Å²) in [7, 11) is 0. The van der Waals surface area contributed by atoms with Crippen LogP contribution in [0.25, 0.3) is 0 Å². The maximum absolute atomic E-state index is 6.35. The van der Waals surface area contributed by atoms with Gasteiger partial charge in [0.15, 0.2) is 0 Å². The van der Waals surface area contributed by atoms with E-state index in [1.807, 2.05) is 0 Å². The van der Waals surface area contributed by atoms with Crippen molar-refractivity contribution in [3.05, 3.63) is 11.6 Å². The van der Waals surface area contributed by atoms with Crippen molar-refractivity contribution in [3.8, 4) is 0 Å². The molecule has 0 aromatic heterocycles. The van der Waals surface area contributed by atoms with E-state index in [1.54, 1.807) is 5.57 Å². The van der Waals surface area contributed by atoms with Crippen molar-refractivity contribution in [2.45, 2.75) is 78.2 Å². The minimum atomic E-state index is 0.124. The van der Waals surface area contributed by atoms with Gasteiger partial charge in [0.1, 0.15) is 0 Å². The summed E-state index contributed by atoms with van der Waals surface area (Å²) in [5, 5.41) is 0. The molecule has 0 bridgehead atoms. The minimum Gasteiger partial charge on any atom is -0.375 e. The van der Waals surface area contributed by atoms with E-state index in [1.165, 1.54) is 44.9 Å². The first-order chi connectivity index (χ1) is 8.44. The normalized spacial score (nSPS) is 40.4. The first-order valence-corrected chi connectivity index (χ1v) is 7.74. The third-order valence-corrected chi connectivity index (χ3v) is 5.28. The van der Waals surface area contributed by atoms with Crippen LogP contribution in [0, 0.1) is 11.3 Å². The summed E-state index contributed by atoms with van der Waals surface area (Å²) < 4.78 is 6.35. The predicted octanol–water partition coefficient (Wildman–Crippen LogP) is 5.11. The van der Waals surface area contributed by atoms with Gasteiger partial charge in [-0.25, -0.2) is 0 Å². The number of fused-ring (bicyclic) bond motifs is 1. The van der Waals surface area contributed by atoms with Crippen LogP contribution in [0.2, 0.25) is 0 Å². The molecule has 0 spiro atoms. The van der Waals surface area contributed by atoms with Crippen LogP contribution in [0.3, 0.4) is 0 Å². The van der Waals surface area contributed by atoms with Gasteiger partial charge >= 0.3 is 0 Å². The number of allylic oxidation sites excluding steroid dienone is 2. The second-order valence-electron chi connectivity index (χ2n) is 7.29. The van der Waals surface area contributed by atoms with Crippen molar-refractivity contribution < 1.29 is 4.74 Å². The molecule has 1 saturated carbocycles. The molecule has 1 heteroatoms. The Morgan fingerprint density at radius 1 is 1.17 bits per heavy atom. The standard InChI is InChI=1S/C17H30O/c1-14-8-5-6-13-18-17(4)12-7-11-16(2,3)15(17)10-9-14/h8,15H,5-7,9-13H2,1-4H3/b14-8-/t15-,17-/m0/s1. The van der Waals surface area contributed by atoms with E-state index in [9.17, 15) is 0 Å². The molecule has 0 radical (unpaired) electrons. The summed E-state index contributed by atoms with van der Waals surface area (Å²) in [6.45, 7) is 10.5. The first-order valence-electron chi connectivity index (χ1n) is 7.74. The highest BCUT2D eigenvalue weighted by Crippen LogP contribution is 2.50. The summed E-state index contributed by atoms with van der Waals surface area (Å²) in [5.41, 5.74) is 2.15. The van der Waals surface area contributed by atoms with Gasteiger partial charge in [0.25, 0.3) is 0 Å². The van der Waals surface area contributed by atoms with Crippen molar-refractivity contribution in [2.75, 3.05) is 6.61 Å². The van der Waals surface area contributed by atoms with E-state index < -0.39 is 0 Å². The second-order valence-corrected chi connectivity index (χ2v) is 7.29. The molecular weight excluding hydrogens is 220 g/mol. The van der Waals surface area contributed by atoms with Crippen molar-refractivity contribution in [1.29, 1.82) is 0 Å². The fourth-order valence-corrected chi connectivity index (χ4v) is 4.15. The lowest BCUT2D eigenvalue weighted by molar-refractivity contribution is -0.138. The average Bonchev–Trinajstić information content (AvgIpc) is 2.26. The zero-order valence-corrected chi connectivity index (χ0v) is 12.7. The summed E-state index contributed by atoms with van der Waals surface area (Å²) in [5.74, 6) is 0.709. The molecule has 0 unspecified atom stereocenters. The Kier molecular flexibility index (Phi) is 4.21. The van der Waals surface area contributed by atoms with E-state index >= 15 is 0 Å². The lowest BCUT2D eigenvalue weighted by Crippen LogP contribution is -2.49. The maximum atomic E-state index is 6.35. The van der Waals surface area contributed by atoms with Gasteiger partial charge in [0, 0.05) is 6.61 Å². The molecule has 1 aliphatic heterocycles. The Morgan fingerprint density at radius 2 is 1.94 bits per heavy atom. The molecule has 18 heavy (non-hydrogen) atoms. The highest BCUT2D eigenvalue weighted by molar-refractivity contribution is 5.03. The zero-order valence-electron chi connectivity index (χ0n) is 12.7. The molecule has 0 saturated heterocycles. The van der Waals surface area contributed by atoms with Gasteiger partial charge < -0.3 is 4.74 Å². The number of hydrogen-bond donors (Lipinski definition) is 0. The molecular formula is C17H30O. The summed E-state index contributed by atoms with van der Waals surface area (Å²) in [6, 6.07) is 0. The number of rotatable bonds is 0. The van der Waals surface area contributed by atoms with Gasteiger partial charge in [-0.1, -0.05) is 31.9 Å². The molecule has 1 heterocycles. The Hall–Kier alpha value is -0.300. The highest BCUT2D eigenvalue weighted by atomic mass is 16.5. The van der Waals surface area contributed by atoms with Crippen LogP contribution in [-0.4, -0.2) is 12.2 Å². The van der Waals surface area contributed by atoms with Gasteiger partial charge in [0.05, 0.1) is 5.60 Å². The monoisotopic (exact) mass is 250 g/mol. The van der Waals surface area contributed by atoms with Crippen LogP contribution in [0.4, 0.5) is 0 Å². The third kappa shape index (κ3) is 2.99. The molecule has 0 amide bonds. The zero-order chi connectivity index (χ0) is 13.2. The largest absolute Gasteiger partial charge is 0.375 e. The number of ether oxygens (including phenoxy) is 1. The lowest BCUT2D eigenvalue weighted by Gasteiger charge is -2.51. The van der Waals surface area contributed by atoms with Crippen LogP contribution in [-0.2, 0) is 4.74 Å². The van der Waals surface area contributed by atoms with E-state index in [4.69, 9.17) is 4.74 Å². The summed E-state index contributed by atoms with van der Waals surface area (Å²) in [6.07, 6.45) is 11.3. The fourth-order valence-electron chi connectivity index (χ4n) is 4.15. The average molecular weight is 250 g/mol. The van der Waals surface area contributed by atoms with Crippen LogP contribution in [0.1, 0.15) is 72.6 Å².